The van der Waals surface area contributed by atoms with Crippen LogP contribution in [0.25, 0.3) is 10.8 Å². The average molecular weight is 358 g/mol. The first-order valence-electron chi connectivity index (χ1n) is 9.09. The summed E-state index contributed by atoms with van der Waals surface area (Å²) in [6, 6.07) is 16.3. The van der Waals surface area contributed by atoms with Crippen LogP contribution in [0.5, 0.6) is 11.5 Å². The van der Waals surface area contributed by atoms with Gasteiger partial charge in [-0.15, -0.1) is 0 Å². The largest absolute Gasteiger partial charge is 0.426 e. The van der Waals surface area contributed by atoms with E-state index in [0.717, 1.165) is 17.5 Å². The van der Waals surface area contributed by atoms with Crippen LogP contribution in [0.2, 0.25) is 0 Å². The van der Waals surface area contributed by atoms with E-state index < -0.39 is 0 Å². The molecule has 0 fully saturated rings. The van der Waals surface area contributed by atoms with E-state index in [0.29, 0.717) is 11.5 Å². The van der Waals surface area contributed by atoms with E-state index in [4.69, 9.17) is 9.47 Å². The molecule has 134 valence electrons. The normalized spacial score (nSPS) is 18.9. The lowest BCUT2D eigenvalue weighted by atomic mass is 9.83. The van der Waals surface area contributed by atoms with Gasteiger partial charge in [-0.25, -0.2) is 0 Å². The lowest BCUT2D eigenvalue weighted by Gasteiger charge is -2.24. The topological polar surface area (TPSA) is 52.6 Å². The van der Waals surface area contributed by atoms with Crippen molar-refractivity contribution in [2.24, 2.45) is 0 Å². The van der Waals surface area contributed by atoms with Crippen molar-refractivity contribution in [3.63, 3.8) is 0 Å². The quantitative estimate of drug-likeness (QED) is 0.493. The van der Waals surface area contributed by atoms with Gasteiger partial charge in [-0.3, -0.25) is 9.59 Å². The molecule has 0 unspecified atom stereocenters. The van der Waals surface area contributed by atoms with Crippen molar-refractivity contribution in [1.29, 1.82) is 0 Å². The Bertz CT molecular complexity index is 1040. The van der Waals surface area contributed by atoms with Gasteiger partial charge in [0.05, 0.1) is 0 Å². The number of ether oxygens (including phenoxy) is 2. The van der Waals surface area contributed by atoms with Crippen LogP contribution in [0, 0.1) is 0 Å². The molecular formula is C23H18O4. The number of rotatable bonds is 2. The van der Waals surface area contributed by atoms with Gasteiger partial charge in [0, 0.05) is 36.8 Å². The van der Waals surface area contributed by atoms with E-state index in [1.54, 1.807) is 12.1 Å². The van der Waals surface area contributed by atoms with Crippen LogP contribution in [-0.4, -0.2) is 11.9 Å². The highest BCUT2D eigenvalue weighted by molar-refractivity contribution is 5.87. The number of carbonyl (C=O) groups excluding carboxylic acids is 2. The van der Waals surface area contributed by atoms with E-state index in [-0.39, 0.29) is 23.8 Å². The van der Waals surface area contributed by atoms with Crippen molar-refractivity contribution >= 4 is 22.7 Å². The Morgan fingerprint density at radius 2 is 1.22 bits per heavy atom. The summed E-state index contributed by atoms with van der Waals surface area (Å²) in [6.45, 7) is 2.81. The second-order valence-corrected chi connectivity index (χ2v) is 7.25. The van der Waals surface area contributed by atoms with Crippen molar-refractivity contribution in [3.05, 3.63) is 70.8 Å². The molecule has 0 amide bonds. The Balaban J connectivity index is 1.73. The molecule has 0 saturated heterocycles. The predicted octanol–water partition coefficient (Wildman–Crippen LogP) is 4.67. The standard InChI is InChI=1S/C23H18O4/c1-12(24)26-20-7-8-21(27-13(2)25)23-19-11-18(22(20)23)16-9-14-5-3-4-6-15(14)10-17(16)19/h3-10,18-19H,11H2,1-2H3/t18-,19+. The van der Waals surface area contributed by atoms with Crippen molar-refractivity contribution in [3.8, 4) is 11.5 Å². The zero-order valence-corrected chi connectivity index (χ0v) is 15.1. The first-order valence-corrected chi connectivity index (χ1v) is 9.09. The fourth-order valence-corrected chi connectivity index (χ4v) is 4.72. The van der Waals surface area contributed by atoms with E-state index in [2.05, 4.69) is 24.3 Å². The van der Waals surface area contributed by atoms with Crippen LogP contribution >= 0.6 is 0 Å². The SMILES string of the molecule is CC(=O)Oc1ccc(OC(C)=O)c2c1[C@@H]1C[C@H]2c2cc3ccccc3cc21. The van der Waals surface area contributed by atoms with Gasteiger partial charge in [-0.2, -0.15) is 0 Å². The molecule has 2 aliphatic carbocycles. The third-order valence-electron chi connectivity index (χ3n) is 5.59. The maximum Gasteiger partial charge on any atom is 0.308 e. The molecule has 0 N–H and O–H groups in total. The molecule has 4 heteroatoms. The van der Waals surface area contributed by atoms with Crippen LogP contribution in [0.15, 0.2) is 48.5 Å². The zero-order valence-electron chi connectivity index (χ0n) is 15.1. The van der Waals surface area contributed by atoms with Gasteiger partial charge in [-0.1, -0.05) is 36.4 Å². The lowest BCUT2D eigenvalue weighted by Crippen LogP contribution is -2.12. The molecule has 2 aliphatic rings. The molecule has 0 aromatic heterocycles. The Morgan fingerprint density at radius 1 is 0.778 bits per heavy atom. The molecule has 0 heterocycles. The molecule has 5 rings (SSSR count). The van der Waals surface area contributed by atoms with Gasteiger partial charge in [0.15, 0.2) is 0 Å². The van der Waals surface area contributed by atoms with Crippen molar-refractivity contribution in [1.82, 2.24) is 0 Å². The monoisotopic (exact) mass is 358 g/mol. The van der Waals surface area contributed by atoms with Gasteiger partial charge in [0.2, 0.25) is 0 Å². The number of carbonyl (C=O) groups is 2. The van der Waals surface area contributed by atoms with E-state index >= 15 is 0 Å². The summed E-state index contributed by atoms with van der Waals surface area (Å²) in [7, 11) is 0. The van der Waals surface area contributed by atoms with Gasteiger partial charge in [0.25, 0.3) is 0 Å². The number of hydrogen-bond donors (Lipinski definition) is 0. The number of benzene rings is 3. The molecule has 2 bridgehead atoms. The summed E-state index contributed by atoms with van der Waals surface area (Å²) >= 11 is 0. The summed E-state index contributed by atoms with van der Waals surface area (Å²) in [4.78, 5) is 23.2. The van der Waals surface area contributed by atoms with Crippen LogP contribution in [-0.2, 0) is 9.59 Å². The highest BCUT2D eigenvalue weighted by Crippen LogP contribution is 2.61. The first kappa shape index (κ1) is 16.1. The second kappa shape index (κ2) is 5.68. The fraction of sp³-hybridized carbons (Fsp3) is 0.217. The van der Waals surface area contributed by atoms with Gasteiger partial charge >= 0.3 is 11.9 Å². The minimum atomic E-state index is -0.348. The van der Waals surface area contributed by atoms with Crippen molar-refractivity contribution < 1.29 is 19.1 Å². The molecule has 27 heavy (non-hydrogen) atoms. The van der Waals surface area contributed by atoms with Gasteiger partial charge in [-0.05, 0) is 40.5 Å². The number of esters is 2. The molecular weight excluding hydrogens is 340 g/mol. The highest BCUT2D eigenvalue weighted by Gasteiger charge is 2.45. The molecule has 0 saturated carbocycles. The highest BCUT2D eigenvalue weighted by atomic mass is 16.5. The Labute approximate surface area is 156 Å². The molecule has 3 aromatic rings. The smallest absolute Gasteiger partial charge is 0.308 e. The van der Waals surface area contributed by atoms with E-state index in [9.17, 15) is 9.59 Å². The number of hydrogen-bond acceptors (Lipinski definition) is 4. The minimum Gasteiger partial charge on any atom is -0.426 e. The maximum absolute atomic E-state index is 11.6. The molecule has 0 spiro atoms. The molecule has 2 atom stereocenters. The predicted molar refractivity (Wildman–Crippen MR) is 101 cm³/mol. The Hall–Kier alpha value is -3.14. The molecule has 4 nitrogen and oxygen atoms in total. The van der Waals surface area contributed by atoms with Crippen LogP contribution in [0.1, 0.15) is 54.4 Å². The zero-order chi connectivity index (χ0) is 18.7. The van der Waals surface area contributed by atoms with Crippen molar-refractivity contribution in [2.75, 3.05) is 0 Å². The summed E-state index contributed by atoms with van der Waals surface area (Å²) in [5.74, 6) is 0.737. The Kier molecular flexibility index (Phi) is 3.38. The number of fused-ring (bicyclic) bond motifs is 9. The summed E-state index contributed by atoms with van der Waals surface area (Å²) in [5.41, 5.74) is 4.52. The van der Waals surface area contributed by atoms with Crippen molar-refractivity contribution in [2.45, 2.75) is 32.1 Å². The van der Waals surface area contributed by atoms with Crippen LogP contribution < -0.4 is 9.47 Å². The summed E-state index contributed by atoms with van der Waals surface area (Å²) in [5, 5.41) is 2.41. The molecule has 0 radical (unpaired) electrons. The van der Waals surface area contributed by atoms with Crippen LogP contribution in [0.3, 0.4) is 0 Å². The van der Waals surface area contributed by atoms with Crippen LogP contribution in [0.4, 0.5) is 0 Å². The minimum absolute atomic E-state index is 0.148. The third kappa shape index (κ3) is 2.36. The van der Waals surface area contributed by atoms with Gasteiger partial charge in [0.1, 0.15) is 11.5 Å². The fourth-order valence-electron chi connectivity index (χ4n) is 4.72. The van der Waals surface area contributed by atoms with E-state index in [1.807, 2.05) is 12.1 Å². The second-order valence-electron chi connectivity index (χ2n) is 7.25. The van der Waals surface area contributed by atoms with Gasteiger partial charge < -0.3 is 9.47 Å². The summed E-state index contributed by atoms with van der Waals surface area (Å²) < 4.78 is 11.0. The molecule has 3 aromatic carbocycles. The summed E-state index contributed by atoms with van der Waals surface area (Å²) in [6.07, 6.45) is 0.910. The van der Waals surface area contributed by atoms with E-state index in [1.165, 1.54) is 35.7 Å². The Morgan fingerprint density at radius 3 is 1.63 bits per heavy atom. The third-order valence-corrected chi connectivity index (χ3v) is 5.59. The lowest BCUT2D eigenvalue weighted by molar-refractivity contribution is -0.133. The first-order chi connectivity index (χ1) is 13.0. The molecule has 0 aliphatic heterocycles. The average Bonchev–Trinajstić information content (AvgIpc) is 3.18. The maximum atomic E-state index is 11.6.